The molecule has 0 radical (unpaired) electrons. The molecule has 0 bridgehead atoms. The van der Waals surface area contributed by atoms with Crippen LogP contribution in [0.15, 0.2) is 24.3 Å². The van der Waals surface area contributed by atoms with Gasteiger partial charge in [-0.05, 0) is 37.4 Å². The van der Waals surface area contributed by atoms with Gasteiger partial charge in [0.1, 0.15) is 0 Å². The smallest absolute Gasteiger partial charge is 0.239 e. The summed E-state index contributed by atoms with van der Waals surface area (Å²) < 4.78 is 0. The van der Waals surface area contributed by atoms with E-state index < -0.39 is 0 Å². The lowest BCUT2D eigenvalue weighted by Crippen LogP contribution is -2.39. The summed E-state index contributed by atoms with van der Waals surface area (Å²) in [6.45, 7) is 5.26. The Kier molecular flexibility index (Phi) is 8.79. The van der Waals surface area contributed by atoms with Crippen molar-refractivity contribution in [3.8, 4) is 0 Å². The zero-order valence-electron chi connectivity index (χ0n) is 17.1. The van der Waals surface area contributed by atoms with E-state index in [0.29, 0.717) is 12.6 Å². The van der Waals surface area contributed by atoms with E-state index >= 15 is 0 Å². The van der Waals surface area contributed by atoms with Gasteiger partial charge in [-0.2, -0.15) is 0 Å². The second-order valence-electron chi connectivity index (χ2n) is 7.78. The quantitative estimate of drug-likeness (QED) is 0.699. The number of carbonyl (C=O) groups is 2. The number of benzene rings is 1. The van der Waals surface area contributed by atoms with E-state index in [1.54, 1.807) is 0 Å². The number of nitrogens with one attached hydrogen (secondary N) is 2. The molecule has 27 heavy (non-hydrogen) atoms. The first kappa shape index (κ1) is 21.4. The van der Waals surface area contributed by atoms with Crippen molar-refractivity contribution in [2.45, 2.75) is 71.5 Å². The normalized spacial score (nSPS) is 16.1. The third-order valence-electron chi connectivity index (χ3n) is 5.70. The van der Waals surface area contributed by atoms with E-state index in [-0.39, 0.29) is 24.3 Å². The second kappa shape index (κ2) is 11.1. The van der Waals surface area contributed by atoms with Gasteiger partial charge in [-0.1, -0.05) is 57.4 Å². The summed E-state index contributed by atoms with van der Waals surface area (Å²) in [7, 11) is 2.20. The second-order valence-corrected chi connectivity index (χ2v) is 7.78. The minimum Gasteiger partial charge on any atom is -0.350 e. The average molecular weight is 374 g/mol. The van der Waals surface area contributed by atoms with Crippen molar-refractivity contribution < 1.29 is 9.59 Å². The standard InChI is InChI=1S/C22H35N3O2/c1-4-17(2)22(27)24-15-21(26)23-14-18-10-8-9-11-19(18)16-25(3)20-12-6-5-7-13-20/h8-11,17,20H,4-7,12-16H2,1-3H3,(H,23,26)(H,24,27). The first-order valence-corrected chi connectivity index (χ1v) is 10.3. The van der Waals surface area contributed by atoms with Crippen LogP contribution in [0.5, 0.6) is 0 Å². The number of rotatable bonds is 9. The summed E-state index contributed by atoms with van der Waals surface area (Å²) in [4.78, 5) is 26.3. The van der Waals surface area contributed by atoms with Gasteiger partial charge in [-0.3, -0.25) is 14.5 Å². The van der Waals surface area contributed by atoms with Gasteiger partial charge in [0.25, 0.3) is 0 Å². The van der Waals surface area contributed by atoms with Gasteiger partial charge < -0.3 is 10.6 Å². The van der Waals surface area contributed by atoms with Crippen LogP contribution in [0.25, 0.3) is 0 Å². The molecule has 0 aromatic heterocycles. The molecule has 0 aliphatic heterocycles. The number of carbonyl (C=O) groups excluding carboxylic acids is 2. The lowest BCUT2D eigenvalue weighted by Gasteiger charge is -2.31. The number of hydrogen-bond acceptors (Lipinski definition) is 3. The van der Waals surface area contributed by atoms with Gasteiger partial charge >= 0.3 is 0 Å². The first-order chi connectivity index (χ1) is 13.0. The van der Waals surface area contributed by atoms with Gasteiger partial charge in [0.15, 0.2) is 0 Å². The van der Waals surface area contributed by atoms with Crippen LogP contribution in [0.3, 0.4) is 0 Å². The molecule has 1 aliphatic carbocycles. The van der Waals surface area contributed by atoms with Crippen molar-refractivity contribution in [1.82, 2.24) is 15.5 Å². The van der Waals surface area contributed by atoms with Crippen LogP contribution in [0.2, 0.25) is 0 Å². The fourth-order valence-corrected chi connectivity index (χ4v) is 3.59. The molecule has 0 saturated heterocycles. The summed E-state index contributed by atoms with van der Waals surface area (Å²) in [5.74, 6) is -0.280. The minimum atomic E-state index is -0.151. The van der Waals surface area contributed by atoms with Gasteiger partial charge in [0.05, 0.1) is 6.54 Å². The predicted molar refractivity (Wildman–Crippen MR) is 109 cm³/mol. The van der Waals surface area contributed by atoms with E-state index in [1.165, 1.54) is 37.7 Å². The Morgan fingerprint density at radius 1 is 1.11 bits per heavy atom. The molecule has 1 aliphatic rings. The molecular formula is C22H35N3O2. The highest BCUT2D eigenvalue weighted by atomic mass is 16.2. The molecule has 1 atom stereocenters. The molecule has 0 spiro atoms. The van der Waals surface area contributed by atoms with Crippen LogP contribution < -0.4 is 10.6 Å². The molecular weight excluding hydrogens is 338 g/mol. The fourth-order valence-electron chi connectivity index (χ4n) is 3.59. The van der Waals surface area contributed by atoms with Crippen molar-refractivity contribution in [3.05, 3.63) is 35.4 Å². The fraction of sp³-hybridized carbons (Fsp3) is 0.636. The number of hydrogen-bond donors (Lipinski definition) is 2. The maximum absolute atomic E-state index is 12.1. The Balaban J connectivity index is 1.84. The van der Waals surface area contributed by atoms with E-state index in [0.717, 1.165) is 18.5 Å². The lowest BCUT2D eigenvalue weighted by molar-refractivity contribution is -0.128. The topological polar surface area (TPSA) is 61.4 Å². The summed E-state index contributed by atoms with van der Waals surface area (Å²) in [5, 5.41) is 5.63. The van der Waals surface area contributed by atoms with Crippen LogP contribution >= 0.6 is 0 Å². The SMILES string of the molecule is CCC(C)C(=O)NCC(=O)NCc1ccccc1CN(C)C1CCCCC1. The van der Waals surface area contributed by atoms with E-state index in [4.69, 9.17) is 0 Å². The zero-order chi connectivity index (χ0) is 19.6. The molecule has 1 aromatic carbocycles. The monoisotopic (exact) mass is 373 g/mol. The number of amides is 2. The van der Waals surface area contributed by atoms with E-state index in [1.807, 2.05) is 19.9 Å². The molecule has 150 valence electrons. The molecule has 2 amide bonds. The molecule has 5 nitrogen and oxygen atoms in total. The lowest BCUT2D eigenvalue weighted by atomic mass is 9.94. The van der Waals surface area contributed by atoms with E-state index in [9.17, 15) is 9.59 Å². The summed E-state index contributed by atoms with van der Waals surface area (Å²) in [6, 6.07) is 8.95. The van der Waals surface area contributed by atoms with Gasteiger partial charge in [0, 0.05) is 25.0 Å². The minimum absolute atomic E-state index is 0.0350. The van der Waals surface area contributed by atoms with Gasteiger partial charge in [-0.25, -0.2) is 0 Å². The Bertz CT molecular complexity index is 611. The highest BCUT2D eigenvalue weighted by Gasteiger charge is 2.19. The molecule has 5 heteroatoms. The summed E-state index contributed by atoms with van der Waals surface area (Å²) in [5.41, 5.74) is 2.40. The molecule has 1 fully saturated rings. The largest absolute Gasteiger partial charge is 0.350 e. The number of nitrogens with zero attached hydrogens (tertiary/aromatic N) is 1. The van der Waals surface area contributed by atoms with Crippen LogP contribution in [0, 0.1) is 5.92 Å². The van der Waals surface area contributed by atoms with Crippen LogP contribution in [-0.2, 0) is 22.7 Å². The molecule has 2 N–H and O–H groups in total. The molecule has 1 aromatic rings. The Morgan fingerprint density at radius 3 is 2.44 bits per heavy atom. The maximum atomic E-state index is 12.1. The Morgan fingerprint density at radius 2 is 1.78 bits per heavy atom. The molecule has 1 saturated carbocycles. The molecule has 0 heterocycles. The van der Waals surface area contributed by atoms with Crippen molar-refractivity contribution in [1.29, 1.82) is 0 Å². The Hall–Kier alpha value is -1.88. The Labute approximate surface area is 163 Å². The third-order valence-corrected chi connectivity index (χ3v) is 5.70. The van der Waals surface area contributed by atoms with E-state index in [2.05, 4.69) is 40.8 Å². The highest BCUT2D eigenvalue weighted by molar-refractivity contribution is 5.85. The van der Waals surface area contributed by atoms with Crippen molar-refractivity contribution in [3.63, 3.8) is 0 Å². The molecule has 1 unspecified atom stereocenters. The van der Waals surface area contributed by atoms with Gasteiger partial charge in [0.2, 0.25) is 11.8 Å². The van der Waals surface area contributed by atoms with Crippen LogP contribution in [0.1, 0.15) is 63.5 Å². The van der Waals surface area contributed by atoms with Gasteiger partial charge in [-0.15, -0.1) is 0 Å². The average Bonchev–Trinajstić information content (AvgIpc) is 2.71. The van der Waals surface area contributed by atoms with Crippen molar-refractivity contribution >= 4 is 11.8 Å². The summed E-state index contributed by atoms with van der Waals surface area (Å²) >= 11 is 0. The molecule has 2 rings (SSSR count). The van der Waals surface area contributed by atoms with Crippen LogP contribution in [-0.4, -0.2) is 36.3 Å². The third kappa shape index (κ3) is 6.98. The zero-order valence-corrected chi connectivity index (χ0v) is 17.1. The predicted octanol–water partition coefficient (Wildman–Crippen LogP) is 3.23. The highest BCUT2D eigenvalue weighted by Crippen LogP contribution is 2.23. The van der Waals surface area contributed by atoms with Crippen molar-refractivity contribution in [2.75, 3.05) is 13.6 Å². The first-order valence-electron chi connectivity index (χ1n) is 10.3. The summed E-state index contributed by atoms with van der Waals surface area (Å²) in [6.07, 6.45) is 7.36. The van der Waals surface area contributed by atoms with Crippen LogP contribution in [0.4, 0.5) is 0 Å². The van der Waals surface area contributed by atoms with Crippen molar-refractivity contribution in [2.24, 2.45) is 5.92 Å². The maximum Gasteiger partial charge on any atom is 0.239 e.